The summed E-state index contributed by atoms with van der Waals surface area (Å²) in [6.07, 6.45) is 11.2. The van der Waals surface area contributed by atoms with Gasteiger partial charge in [0.15, 0.2) is 0 Å². The summed E-state index contributed by atoms with van der Waals surface area (Å²) in [7, 11) is 0. The third-order valence-electron chi connectivity index (χ3n) is 8.88. The first kappa shape index (κ1) is 21.0. The molecule has 1 atom stereocenters. The van der Waals surface area contributed by atoms with Crippen LogP contribution in [0.3, 0.4) is 0 Å². The van der Waals surface area contributed by atoms with Crippen molar-refractivity contribution in [1.29, 1.82) is 0 Å². The number of thiophene rings is 1. The SMILES string of the molecule is C1=CC2=Cc3c(n4c5cc6sc7ccccc7c6cc5c5cc(-c6ccc7ccccc7c6)cc3c54)NC2C=C1. The minimum absolute atomic E-state index is 0.193. The summed E-state index contributed by atoms with van der Waals surface area (Å²) in [5.74, 6) is 1.19. The van der Waals surface area contributed by atoms with Crippen molar-refractivity contribution >= 4 is 81.4 Å². The van der Waals surface area contributed by atoms with E-state index in [9.17, 15) is 0 Å². The molecule has 3 heteroatoms. The van der Waals surface area contributed by atoms with Gasteiger partial charge in [-0.25, -0.2) is 0 Å². The maximum atomic E-state index is 3.90. The van der Waals surface area contributed by atoms with Crippen LogP contribution in [-0.4, -0.2) is 10.4 Å². The summed E-state index contributed by atoms with van der Waals surface area (Å²) in [5, 5.41) is 13.1. The molecule has 0 spiro atoms. The van der Waals surface area contributed by atoms with Gasteiger partial charge in [-0.1, -0.05) is 78.9 Å². The van der Waals surface area contributed by atoms with E-state index in [4.69, 9.17) is 0 Å². The van der Waals surface area contributed by atoms with Crippen LogP contribution >= 0.6 is 11.3 Å². The minimum Gasteiger partial charge on any atom is -0.360 e. The predicted octanol–water partition coefficient (Wildman–Crippen LogP) is 10.2. The van der Waals surface area contributed by atoms with Gasteiger partial charge in [-0.2, -0.15) is 0 Å². The molecule has 0 bridgehead atoms. The number of hydrogen-bond acceptors (Lipinski definition) is 2. The van der Waals surface area contributed by atoms with E-state index in [1.165, 1.54) is 86.2 Å². The van der Waals surface area contributed by atoms with Crippen molar-refractivity contribution in [1.82, 2.24) is 4.40 Å². The van der Waals surface area contributed by atoms with Crippen molar-refractivity contribution in [3.05, 3.63) is 126 Å². The Labute approximate surface area is 234 Å². The number of allylic oxidation sites excluding steroid dienone is 2. The monoisotopic (exact) mass is 526 g/mol. The Morgan fingerprint density at radius 1 is 0.650 bits per heavy atom. The minimum atomic E-state index is 0.193. The predicted molar refractivity (Wildman–Crippen MR) is 173 cm³/mol. The summed E-state index contributed by atoms with van der Waals surface area (Å²) in [6, 6.07) is 34.1. The molecule has 4 heterocycles. The van der Waals surface area contributed by atoms with Gasteiger partial charge in [0.05, 0.1) is 17.1 Å². The number of aromatic nitrogens is 1. The van der Waals surface area contributed by atoms with E-state index in [0.29, 0.717) is 0 Å². The molecule has 186 valence electrons. The van der Waals surface area contributed by atoms with Crippen LogP contribution in [0.4, 0.5) is 5.82 Å². The number of nitrogens with one attached hydrogen (secondary N) is 1. The van der Waals surface area contributed by atoms with E-state index in [1.807, 2.05) is 11.3 Å². The van der Waals surface area contributed by atoms with Crippen molar-refractivity contribution in [2.75, 3.05) is 5.32 Å². The molecule has 1 unspecified atom stereocenters. The molecule has 2 nitrogen and oxygen atoms in total. The van der Waals surface area contributed by atoms with Gasteiger partial charge in [-0.05, 0) is 69.9 Å². The van der Waals surface area contributed by atoms with Crippen LogP contribution in [-0.2, 0) is 0 Å². The highest BCUT2D eigenvalue weighted by Gasteiger charge is 2.28. The number of nitrogens with zero attached hydrogens (tertiary/aromatic N) is 1. The van der Waals surface area contributed by atoms with Crippen LogP contribution in [0.2, 0.25) is 0 Å². The van der Waals surface area contributed by atoms with Crippen molar-refractivity contribution in [2.45, 2.75) is 6.04 Å². The van der Waals surface area contributed by atoms with Gasteiger partial charge >= 0.3 is 0 Å². The molecule has 8 aromatic rings. The normalized spacial score (nSPS) is 16.4. The Kier molecular flexibility index (Phi) is 3.89. The molecule has 0 fully saturated rings. The van der Waals surface area contributed by atoms with Gasteiger partial charge in [0.25, 0.3) is 0 Å². The fraction of sp³-hybridized carbons (Fsp3) is 0.0270. The molecular formula is C37H22N2S. The maximum Gasteiger partial charge on any atom is 0.119 e. The molecule has 0 amide bonds. The van der Waals surface area contributed by atoms with Gasteiger partial charge in [-0.3, -0.25) is 4.40 Å². The summed E-state index contributed by atoms with van der Waals surface area (Å²) in [4.78, 5) is 0. The largest absolute Gasteiger partial charge is 0.360 e. The number of anilines is 1. The fourth-order valence-corrected chi connectivity index (χ4v) is 8.13. The number of hydrogen-bond donors (Lipinski definition) is 1. The van der Waals surface area contributed by atoms with Gasteiger partial charge in [-0.15, -0.1) is 11.3 Å². The number of fused-ring (bicyclic) bond motifs is 11. The van der Waals surface area contributed by atoms with Crippen molar-refractivity contribution in [3.63, 3.8) is 0 Å². The molecule has 2 aliphatic rings. The lowest BCUT2D eigenvalue weighted by atomic mass is 9.93. The second-order valence-electron chi connectivity index (χ2n) is 11.1. The molecule has 40 heavy (non-hydrogen) atoms. The van der Waals surface area contributed by atoms with Crippen molar-refractivity contribution < 1.29 is 0 Å². The highest BCUT2D eigenvalue weighted by atomic mass is 32.1. The van der Waals surface area contributed by atoms with E-state index >= 15 is 0 Å². The lowest BCUT2D eigenvalue weighted by Gasteiger charge is -2.25. The van der Waals surface area contributed by atoms with Crippen molar-refractivity contribution in [3.8, 4) is 11.1 Å². The number of rotatable bonds is 1. The van der Waals surface area contributed by atoms with E-state index in [2.05, 4.69) is 131 Å². The molecule has 5 aromatic carbocycles. The van der Waals surface area contributed by atoms with Gasteiger partial charge in [0.1, 0.15) is 5.82 Å². The van der Waals surface area contributed by atoms with Crippen LogP contribution in [0.5, 0.6) is 0 Å². The first-order chi connectivity index (χ1) is 19.8. The topological polar surface area (TPSA) is 16.4 Å². The average molecular weight is 527 g/mol. The van der Waals surface area contributed by atoms with E-state index in [1.54, 1.807) is 0 Å². The highest BCUT2D eigenvalue weighted by Crippen LogP contribution is 2.47. The van der Waals surface area contributed by atoms with E-state index in [0.717, 1.165) is 0 Å². The molecule has 3 aromatic heterocycles. The van der Waals surface area contributed by atoms with Gasteiger partial charge in [0.2, 0.25) is 0 Å². The van der Waals surface area contributed by atoms with E-state index < -0.39 is 0 Å². The Morgan fingerprint density at radius 3 is 2.50 bits per heavy atom. The summed E-state index contributed by atoms with van der Waals surface area (Å²) >= 11 is 1.89. The second-order valence-corrected chi connectivity index (χ2v) is 12.1. The Morgan fingerprint density at radius 2 is 1.52 bits per heavy atom. The smallest absolute Gasteiger partial charge is 0.119 e. The summed E-state index contributed by atoms with van der Waals surface area (Å²) in [6.45, 7) is 0. The standard InChI is InChI=1S/C37H22N2S/c1-2-8-22-15-23(14-13-21(22)7-1)25-17-29-27-19-28-26-10-4-6-12-34(26)40-35(28)20-33(27)39-36(29)30(18-25)31-16-24-9-3-5-11-32(24)38-37(31)39/h1-20,32,38H. The quantitative estimate of drug-likeness (QED) is 0.225. The summed E-state index contributed by atoms with van der Waals surface area (Å²) < 4.78 is 5.17. The molecular weight excluding hydrogens is 504 g/mol. The van der Waals surface area contributed by atoms with Crippen LogP contribution < -0.4 is 5.32 Å². The van der Waals surface area contributed by atoms with Crippen LogP contribution in [0.1, 0.15) is 5.56 Å². The first-order valence-electron chi connectivity index (χ1n) is 13.8. The average Bonchev–Trinajstić information content (AvgIpc) is 3.64. The lowest BCUT2D eigenvalue weighted by molar-refractivity contribution is 1.01. The van der Waals surface area contributed by atoms with Gasteiger partial charge < -0.3 is 5.32 Å². The Bertz CT molecular complexity index is 2460. The maximum absolute atomic E-state index is 3.90. The third kappa shape index (κ3) is 2.67. The fourth-order valence-electron chi connectivity index (χ4n) is 7.01. The zero-order valence-corrected chi connectivity index (χ0v) is 22.3. The third-order valence-corrected chi connectivity index (χ3v) is 10.0. The molecule has 0 radical (unpaired) electrons. The highest BCUT2D eigenvalue weighted by molar-refractivity contribution is 7.25. The Balaban J connectivity index is 1.36. The summed E-state index contributed by atoms with van der Waals surface area (Å²) in [5.41, 5.74) is 7.69. The van der Waals surface area contributed by atoms with Crippen LogP contribution in [0.15, 0.2) is 121 Å². The molecule has 0 saturated heterocycles. The zero-order chi connectivity index (χ0) is 25.9. The van der Waals surface area contributed by atoms with Crippen molar-refractivity contribution in [2.24, 2.45) is 0 Å². The zero-order valence-electron chi connectivity index (χ0n) is 21.5. The Hall–Kier alpha value is -4.86. The van der Waals surface area contributed by atoms with Crippen LogP contribution in [0.25, 0.3) is 75.3 Å². The molecule has 1 aliphatic carbocycles. The first-order valence-corrected chi connectivity index (χ1v) is 14.6. The number of benzene rings is 5. The molecule has 0 saturated carbocycles. The molecule has 10 rings (SSSR count). The molecule has 1 aliphatic heterocycles. The lowest BCUT2D eigenvalue weighted by Crippen LogP contribution is -2.24. The van der Waals surface area contributed by atoms with E-state index in [-0.39, 0.29) is 6.04 Å². The van der Waals surface area contributed by atoms with Crippen LogP contribution in [0, 0.1) is 0 Å². The second kappa shape index (κ2) is 7.41. The van der Waals surface area contributed by atoms with Gasteiger partial charge in [0, 0.05) is 41.9 Å². The molecule has 1 N–H and O–H groups in total.